The minimum Gasteiger partial charge on any atom is -0.485 e. The monoisotopic (exact) mass is 342 g/mol. The number of ether oxygens (including phenoxy) is 1. The Morgan fingerprint density at radius 1 is 1.43 bits per heavy atom. The van der Waals surface area contributed by atoms with Crippen LogP contribution >= 0.6 is 12.4 Å². The highest BCUT2D eigenvalue weighted by molar-refractivity contribution is 5.85. The van der Waals surface area contributed by atoms with Crippen LogP contribution in [0.2, 0.25) is 0 Å². The summed E-state index contributed by atoms with van der Waals surface area (Å²) in [6.07, 6.45) is 0. The first-order valence-electron chi connectivity index (χ1n) is 6.89. The second-order valence-corrected chi connectivity index (χ2v) is 4.84. The molecular weight excluding hydrogens is 327 g/mol. The van der Waals surface area contributed by atoms with Crippen LogP contribution in [0.25, 0.3) is 0 Å². The highest BCUT2D eigenvalue weighted by atomic mass is 35.5. The molecule has 9 heteroatoms. The molecule has 124 valence electrons. The van der Waals surface area contributed by atoms with Crippen molar-refractivity contribution in [3.63, 3.8) is 0 Å². The maximum atomic E-state index is 13.0. The molecule has 1 aromatic carbocycles. The van der Waals surface area contributed by atoms with Crippen molar-refractivity contribution in [1.29, 1.82) is 0 Å². The van der Waals surface area contributed by atoms with Crippen LogP contribution in [0.15, 0.2) is 28.8 Å². The first-order chi connectivity index (χ1) is 10.7. The number of halogens is 2. The minimum atomic E-state index is -0.372. The van der Waals surface area contributed by atoms with Gasteiger partial charge in [0.1, 0.15) is 18.1 Å². The molecular formula is C14H16ClFN4O3. The van der Waals surface area contributed by atoms with Gasteiger partial charge < -0.3 is 19.5 Å². The third-order valence-electron chi connectivity index (χ3n) is 3.19. The van der Waals surface area contributed by atoms with Gasteiger partial charge in [0, 0.05) is 19.2 Å². The normalized spacial score (nSPS) is 14.5. The SMILES string of the molecule is Cl.O=C1CNCCN1Cc1nc(COc2cccc(F)c2)no1. The molecule has 2 aromatic rings. The molecule has 3 rings (SSSR count). The van der Waals surface area contributed by atoms with Crippen LogP contribution in [-0.2, 0) is 17.9 Å². The average molecular weight is 343 g/mol. The maximum absolute atomic E-state index is 13.0. The molecule has 0 bridgehead atoms. The van der Waals surface area contributed by atoms with Gasteiger partial charge in [-0.3, -0.25) is 4.79 Å². The van der Waals surface area contributed by atoms with E-state index in [1.807, 2.05) is 0 Å². The van der Waals surface area contributed by atoms with Gasteiger partial charge in [0.15, 0.2) is 6.61 Å². The number of hydrogen-bond acceptors (Lipinski definition) is 6. The summed E-state index contributed by atoms with van der Waals surface area (Å²) >= 11 is 0. The Bertz CT molecular complexity index is 667. The second kappa shape index (κ2) is 7.89. The lowest BCUT2D eigenvalue weighted by Crippen LogP contribution is -2.47. The zero-order chi connectivity index (χ0) is 15.4. The number of piperazine rings is 1. The minimum absolute atomic E-state index is 0. The van der Waals surface area contributed by atoms with Crippen molar-refractivity contribution in [3.05, 3.63) is 41.8 Å². The summed E-state index contributed by atoms with van der Waals surface area (Å²) in [6, 6.07) is 5.82. The lowest BCUT2D eigenvalue weighted by Gasteiger charge is -2.25. The van der Waals surface area contributed by atoms with E-state index < -0.39 is 0 Å². The van der Waals surface area contributed by atoms with E-state index in [9.17, 15) is 9.18 Å². The zero-order valence-electron chi connectivity index (χ0n) is 12.2. The Morgan fingerprint density at radius 3 is 3.09 bits per heavy atom. The summed E-state index contributed by atoms with van der Waals surface area (Å²) in [5.41, 5.74) is 0. The number of carbonyl (C=O) groups excluding carboxylic acids is 1. The van der Waals surface area contributed by atoms with E-state index in [-0.39, 0.29) is 37.3 Å². The van der Waals surface area contributed by atoms with Gasteiger partial charge in [0.05, 0.1) is 6.54 Å². The van der Waals surface area contributed by atoms with E-state index in [0.717, 1.165) is 6.54 Å². The van der Waals surface area contributed by atoms with Crippen molar-refractivity contribution in [1.82, 2.24) is 20.4 Å². The quantitative estimate of drug-likeness (QED) is 0.877. The highest BCUT2D eigenvalue weighted by Gasteiger charge is 2.20. The summed E-state index contributed by atoms with van der Waals surface area (Å²) in [6.45, 7) is 2.03. The van der Waals surface area contributed by atoms with Gasteiger partial charge in [-0.05, 0) is 12.1 Å². The molecule has 1 saturated heterocycles. The van der Waals surface area contributed by atoms with Gasteiger partial charge in [0.2, 0.25) is 17.6 Å². The van der Waals surface area contributed by atoms with Crippen molar-refractivity contribution in [3.8, 4) is 5.75 Å². The van der Waals surface area contributed by atoms with Gasteiger partial charge in [-0.25, -0.2) is 4.39 Å². The van der Waals surface area contributed by atoms with Gasteiger partial charge in [-0.2, -0.15) is 4.98 Å². The molecule has 0 atom stereocenters. The second-order valence-electron chi connectivity index (χ2n) is 4.84. The third kappa shape index (κ3) is 4.64. The number of carbonyl (C=O) groups is 1. The standard InChI is InChI=1S/C14H15FN4O3.ClH/c15-10-2-1-3-11(6-10)21-9-12-17-13(22-18-12)8-19-5-4-16-7-14(19)20;/h1-3,6,16H,4-5,7-9H2;1H. The molecule has 1 aliphatic heterocycles. The Balaban J connectivity index is 0.00000192. The Kier molecular flexibility index (Phi) is 5.89. The molecule has 0 aliphatic carbocycles. The molecule has 7 nitrogen and oxygen atoms in total. The van der Waals surface area contributed by atoms with Gasteiger partial charge in [0.25, 0.3) is 0 Å². The fourth-order valence-electron chi connectivity index (χ4n) is 2.09. The van der Waals surface area contributed by atoms with E-state index in [2.05, 4.69) is 15.5 Å². The van der Waals surface area contributed by atoms with Crippen molar-refractivity contribution in [2.45, 2.75) is 13.2 Å². The van der Waals surface area contributed by atoms with Crippen LogP contribution in [0.4, 0.5) is 4.39 Å². The number of amides is 1. The first-order valence-corrected chi connectivity index (χ1v) is 6.89. The van der Waals surface area contributed by atoms with Crippen molar-refractivity contribution >= 4 is 18.3 Å². The maximum Gasteiger partial charge on any atom is 0.246 e. The Hall–Kier alpha value is -2.19. The van der Waals surface area contributed by atoms with Gasteiger partial charge in [-0.1, -0.05) is 11.2 Å². The molecule has 0 unspecified atom stereocenters. The molecule has 2 heterocycles. The molecule has 1 amide bonds. The highest BCUT2D eigenvalue weighted by Crippen LogP contribution is 2.13. The molecule has 1 aliphatic rings. The fraction of sp³-hybridized carbons (Fsp3) is 0.357. The molecule has 1 N–H and O–H groups in total. The number of nitrogens with zero attached hydrogens (tertiary/aromatic N) is 3. The van der Waals surface area contributed by atoms with E-state index in [1.54, 1.807) is 17.0 Å². The number of nitrogens with one attached hydrogen (secondary N) is 1. The number of benzene rings is 1. The van der Waals surface area contributed by atoms with Crippen molar-refractivity contribution in [2.75, 3.05) is 19.6 Å². The van der Waals surface area contributed by atoms with Crippen molar-refractivity contribution in [2.24, 2.45) is 0 Å². The van der Waals surface area contributed by atoms with Crippen LogP contribution < -0.4 is 10.1 Å². The molecule has 0 radical (unpaired) electrons. The fourth-order valence-corrected chi connectivity index (χ4v) is 2.09. The zero-order valence-corrected chi connectivity index (χ0v) is 13.0. The van der Waals surface area contributed by atoms with Crippen LogP contribution in [0, 0.1) is 5.82 Å². The summed E-state index contributed by atoms with van der Waals surface area (Å²) < 4.78 is 23.5. The van der Waals surface area contributed by atoms with E-state index in [1.165, 1.54) is 12.1 Å². The first kappa shape index (κ1) is 17.2. The summed E-state index contributed by atoms with van der Waals surface area (Å²) in [4.78, 5) is 17.5. The predicted molar refractivity (Wildman–Crippen MR) is 80.6 cm³/mol. The predicted octanol–water partition coefficient (Wildman–Crippen LogP) is 1.14. The largest absolute Gasteiger partial charge is 0.485 e. The lowest BCUT2D eigenvalue weighted by atomic mass is 10.3. The lowest BCUT2D eigenvalue weighted by molar-refractivity contribution is -0.132. The van der Waals surface area contributed by atoms with Crippen LogP contribution in [-0.4, -0.2) is 40.6 Å². The molecule has 1 fully saturated rings. The number of rotatable bonds is 5. The van der Waals surface area contributed by atoms with Crippen LogP contribution in [0.1, 0.15) is 11.7 Å². The Morgan fingerprint density at radius 2 is 2.30 bits per heavy atom. The topological polar surface area (TPSA) is 80.5 Å². The van der Waals surface area contributed by atoms with Crippen LogP contribution in [0.3, 0.4) is 0 Å². The van der Waals surface area contributed by atoms with E-state index >= 15 is 0 Å². The van der Waals surface area contributed by atoms with Crippen molar-refractivity contribution < 1.29 is 18.4 Å². The van der Waals surface area contributed by atoms with Gasteiger partial charge in [-0.15, -0.1) is 12.4 Å². The molecule has 0 spiro atoms. The average Bonchev–Trinajstić information content (AvgIpc) is 2.95. The summed E-state index contributed by atoms with van der Waals surface area (Å²) in [5, 5.41) is 6.78. The molecule has 1 aromatic heterocycles. The number of aromatic nitrogens is 2. The number of hydrogen-bond donors (Lipinski definition) is 1. The summed E-state index contributed by atoms with van der Waals surface area (Å²) in [7, 11) is 0. The molecule has 23 heavy (non-hydrogen) atoms. The molecule has 0 saturated carbocycles. The smallest absolute Gasteiger partial charge is 0.246 e. The van der Waals surface area contributed by atoms with Crippen LogP contribution in [0.5, 0.6) is 5.75 Å². The van der Waals surface area contributed by atoms with E-state index in [0.29, 0.717) is 30.6 Å². The summed E-state index contributed by atoms with van der Waals surface area (Å²) in [5.74, 6) is 0.726. The van der Waals surface area contributed by atoms with E-state index in [4.69, 9.17) is 9.26 Å². The Labute approximate surface area is 138 Å². The third-order valence-corrected chi connectivity index (χ3v) is 3.19. The van der Waals surface area contributed by atoms with Gasteiger partial charge >= 0.3 is 0 Å².